The van der Waals surface area contributed by atoms with Gasteiger partial charge in [-0.05, 0) is 43.9 Å². The number of rotatable bonds is 5. The third-order valence-corrected chi connectivity index (χ3v) is 4.78. The minimum atomic E-state index is -0.476. The second-order valence-corrected chi connectivity index (χ2v) is 6.91. The number of carbonyl (C=O) groups excluding carboxylic acids is 2. The summed E-state index contributed by atoms with van der Waals surface area (Å²) in [4.78, 5) is 29.9. The van der Waals surface area contributed by atoms with E-state index in [0.717, 1.165) is 42.9 Å². The smallest absolute Gasteiger partial charge is 0.319 e. The average molecular weight is 367 g/mol. The zero-order valence-electron chi connectivity index (χ0n) is 15.4. The van der Waals surface area contributed by atoms with E-state index in [9.17, 15) is 9.59 Å². The summed E-state index contributed by atoms with van der Waals surface area (Å²) in [5.41, 5.74) is 8.63. The fraction of sp³-hybridized carbons (Fsp3) is 0.350. The second-order valence-electron chi connectivity index (χ2n) is 6.91. The second kappa shape index (κ2) is 8.53. The lowest BCUT2D eigenvalue weighted by molar-refractivity contribution is 0.1000. The van der Waals surface area contributed by atoms with Crippen LogP contribution in [0.3, 0.4) is 0 Å². The molecule has 1 aromatic carbocycles. The summed E-state index contributed by atoms with van der Waals surface area (Å²) >= 11 is 0. The summed E-state index contributed by atoms with van der Waals surface area (Å²) in [6.07, 6.45) is 5.19. The Labute approximate surface area is 159 Å². The van der Waals surface area contributed by atoms with Crippen LogP contribution < -0.4 is 21.3 Å². The summed E-state index contributed by atoms with van der Waals surface area (Å²) in [5.74, 6) is -0.174. The van der Waals surface area contributed by atoms with Crippen molar-refractivity contribution in [2.45, 2.75) is 19.8 Å². The Bertz CT molecular complexity index is 806. The summed E-state index contributed by atoms with van der Waals surface area (Å²) < 4.78 is 0. The fourth-order valence-corrected chi connectivity index (χ4v) is 3.35. The summed E-state index contributed by atoms with van der Waals surface area (Å²) in [5, 5.41) is 5.79. The largest absolute Gasteiger partial charge is 0.370 e. The van der Waals surface area contributed by atoms with Crippen molar-refractivity contribution in [1.82, 2.24) is 10.3 Å². The first kappa shape index (κ1) is 18.7. The Balaban J connectivity index is 1.55. The van der Waals surface area contributed by atoms with Gasteiger partial charge in [-0.1, -0.05) is 17.7 Å². The van der Waals surface area contributed by atoms with E-state index in [4.69, 9.17) is 5.73 Å². The molecule has 1 fully saturated rings. The average Bonchev–Trinajstić information content (AvgIpc) is 2.68. The minimum absolute atomic E-state index is 0.210. The number of primary amides is 1. The number of nitrogens with two attached hydrogens (primary N) is 1. The van der Waals surface area contributed by atoms with E-state index in [1.165, 1.54) is 6.20 Å². The first-order valence-corrected chi connectivity index (χ1v) is 9.13. The lowest BCUT2D eigenvalue weighted by atomic mass is 9.97. The van der Waals surface area contributed by atoms with Crippen molar-refractivity contribution in [3.8, 4) is 0 Å². The molecule has 4 N–H and O–H groups in total. The highest BCUT2D eigenvalue weighted by Gasteiger charge is 2.23. The van der Waals surface area contributed by atoms with E-state index in [1.54, 1.807) is 6.20 Å². The van der Waals surface area contributed by atoms with Gasteiger partial charge in [-0.15, -0.1) is 0 Å². The van der Waals surface area contributed by atoms with Crippen molar-refractivity contribution in [1.29, 1.82) is 0 Å². The molecular weight excluding hydrogens is 342 g/mol. The zero-order chi connectivity index (χ0) is 19.2. The number of nitrogens with one attached hydrogen (secondary N) is 2. The molecule has 7 nitrogen and oxygen atoms in total. The molecule has 7 heteroatoms. The van der Waals surface area contributed by atoms with Gasteiger partial charge in [0.15, 0.2) is 0 Å². The highest BCUT2D eigenvalue weighted by molar-refractivity contribution is 5.98. The van der Waals surface area contributed by atoms with Gasteiger partial charge in [0, 0.05) is 37.7 Å². The molecule has 1 aromatic heterocycles. The zero-order valence-corrected chi connectivity index (χ0v) is 15.4. The highest BCUT2D eigenvalue weighted by atomic mass is 16.2. The molecule has 2 aromatic rings. The Kier molecular flexibility index (Phi) is 5.90. The Hall–Kier alpha value is -3.09. The topological polar surface area (TPSA) is 100 Å². The SMILES string of the molecule is Cc1ccc(NC(=O)NCC2CCCN(c3ccncc3C(N)=O)C2)cc1. The Morgan fingerprint density at radius 2 is 2.04 bits per heavy atom. The van der Waals surface area contributed by atoms with Crippen LogP contribution in [0.4, 0.5) is 16.2 Å². The van der Waals surface area contributed by atoms with Crippen molar-refractivity contribution in [2.75, 3.05) is 29.9 Å². The number of urea groups is 1. The molecule has 1 saturated heterocycles. The molecule has 2 heterocycles. The molecular formula is C20H25N5O2. The van der Waals surface area contributed by atoms with Crippen LogP contribution in [0, 0.1) is 12.8 Å². The summed E-state index contributed by atoms with van der Waals surface area (Å²) in [6.45, 7) is 4.20. The van der Waals surface area contributed by atoms with Crippen molar-refractivity contribution >= 4 is 23.3 Å². The number of pyridine rings is 1. The molecule has 1 atom stereocenters. The van der Waals surface area contributed by atoms with Gasteiger partial charge in [-0.3, -0.25) is 9.78 Å². The number of hydrogen-bond acceptors (Lipinski definition) is 4. The standard InChI is InChI=1S/C20H25N5O2/c1-14-4-6-16(7-5-14)24-20(27)23-11-15-3-2-10-25(13-15)18-8-9-22-12-17(18)19(21)26/h4-9,12,15H,2-3,10-11,13H2,1H3,(H2,21,26)(H2,23,24,27). The maximum absolute atomic E-state index is 12.1. The van der Waals surface area contributed by atoms with E-state index < -0.39 is 5.91 Å². The van der Waals surface area contributed by atoms with Crippen LogP contribution in [-0.2, 0) is 0 Å². The molecule has 0 bridgehead atoms. The van der Waals surface area contributed by atoms with Crippen LogP contribution in [0.1, 0.15) is 28.8 Å². The first-order chi connectivity index (χ1) is 13.0. The minimum Gasteiger partial charge on any atom is -0.370 e. The van der Waals surface area contributed by atoms with Crippen molar-refractivity contribution in [3.05, 3.63) is 53.9 Å². The summed E-state index contributed by atoms with van der Waals surface area (Å²) in [7, 11) is 0. The van der Waals surface area contributed by atoms with Crippen LogP contribution in [0.25, 0.3) is 0 Å². The van der Waals surface area contributed by atoms with E-state index in [1.807, 2.05) is 37.3 Å². The molecule has 1 aliphatic heterocycles. The molecule has 0 aliphatic carbocycles. The van der Waals surface area contributed by atoms with Crippen LogP contribution in [0.15, 0.2) is 42.7 Å². The molecule has 0 spiro atoms. The van der Waals surface area contributed by atoms with Gasteiger partial charge in [0.05, 0.1) is 11.3 Å². The number of piperidine rings is 1. The summed E-state index contributed by atoms with van der Waals surface area (Å²) in [6, 6.07) is 9.29. The van der Waals surface area contributed by atoms with Crippen molar-refractivity contribution < 1.29 is 9.59 Å². The van der Waals surface area contributed by atoms with Crippen LogP contribution >= 0.6 is 0 Å². The van der Waals surface area contributed by atoms with Crippen molar-refractivity contribution in [3.63, 3.8) is 0 Å². The van der Waals surface area contributed by atoms with E-state index in [2.05, 4.69) is 20.5 Å². The van der Waals surface area contributed by atoms with Gasteiger partial charge in [-0.25, -0.2) is 4.79 Å². The van der Waals surface area contributed by atoms with Crippen LogP contribution in [0.5, 0.6) is 0 Å². The maximum atomic E-state index is 12.1. The highest BCUT2D eigenvalue weighted by Crippen LogP contribution is 2.25. The van der Waals surface area contributed by atoms with Crippen LogP contribution in [-0.4, -0.2) is 36.6 Å². The third kappa shape index (κ3) is 4.97. The molecule has 0 radical (unpaired) electrons. The number of amides is 3. The number of aryl methyl sites for hydroxylation is 1. The fourth-order valence-electron chi connectivity index (χ4n) is 3.35. The Morgan fingerprint density at radius 3 is 2.78 bits per heavy atom. The van der Waals surface area contributed by atoms with Gasteiger partial charge in [-0.2, -0.15) is 0 Å². The Morgan fingerprint density at radius 1 is 1.26 bits per heavy atom. The quantitative estimate of drug-likeness (QED) is 0.756. The number of nitrogens with zero attached hydrogens (tertiary/aromatic N) is 2. The maximum Gasteiger partial charge on any atom is 0.319 e. The molecule has 27 heavy (non-hydrogen) atoms. The normalized spacial score (nSPS) is 16.6. The molecule has 142 valence electrons. The van der Waals surface area contributed by atoms with Gasteiger partial charge < -0.3 is 21.3 Å². The van der Waals surface area contributed by atoms with Crippen LogP contribution in [0.2, 0.25) is 0 Å². The van der Waals surface area contributed by atoms with E-state index >= 15 is 0 Å². The lowest BCUT2D eigenvalue weighted by Gasteiger charge is -2.35. The predicted molar refractivity (Wildman–Crippen MR) is 106 cm³/mol. The molecule has 1 unspecified atom stereocenters. The van der Waals surface area contributed by atoms with E-state index in [0.29, 0.717) is 18.0 Å². The number of benzene rings is 1. The van der Waals surface area contributed by atoms with Crippen molar-refractivity contribution in [2.24, 2.45) is 11.7 Å². The molecule has 3 rings (SSSR count). The van der Waals surface area contributed by atoms with Gasteiger partial charge in [0.1, 0.15) is 0 Å². The van der Waals surface area contributed by atoms with Gasteiger partial charge in [0.2, 0.25) is 0 Å². The van der Waals surface area contributed by atoms with Gasteiger partial charge >= 0.3 is 6.03 Å². The lowest BCUT2D eigenvalue weighted by Crippen LogP contribution is -2.42. The molecule has 0 saturated carbocycles. The monoisotopic (exact) mass is 367 g/mol. The number of hydrogen-bond donors (Lipinski definition) is 3. The molecule has 1 aliphatic rings. The van der Waals surface area contributed by atoms with E-state index in [-0.39, 0.29) is 6.03 Å². The first-order valence-electron chi connectivity index (χ1n) is 9.13. The molecule has 3 amide bonds. The number of anilines is 2. The van der Waals surface area contributed by atoms with Gasteiger partial charge in [0.25, 0.3) is 5.91 Å². The number of carbonyl (C=O) groups is 2. The predicted octanol–water partition coefficient (Wildman–Crippen LogP) is 2.53. The third-order valence-electron chi connectivity index (χ3n) is 4.78. The number of aromatic nitrogens is 1.